The van der Waals surface area contributed by atoms with Crippen molar-refractivity contribution in [3.63, 3.8) is 0 Å². The van der Waals surface area contributed by atoms with Crippen LogP contribution >= 0.6 is 0 Å². The number of rotatable bonds is 2. The molecule has 1 heterocycles. The van der Waals surface area contributed by atoms with Crippen molar-refractivity contribution in [1.29, 1.82) is 5.26 Å². The molecule has 5 nitrogen and oxygen atoms in total. The van der Waals surface area contributed by atoms with Gasteiger partial charge >= 0.3 is 0 Å². The zero-order valence-corrected chi connectivity index (χ0v) is 7.17. The van der Waals surface area contributed by atoms with Crippen LogP contribution in [0, 0.1) is 11.3 Å². The third-order valence-corrected chi connectivity index (χ3v) is 1.84. The van der Waals surface area contributed by atoms with Gasteiger partial charge in [0.2, 0.25) is 0 Å². The summed E-state index contributed by atoms with van der Waals surface area (Å²) < 4.78 is 9.91. The van der Waals surface area contributed by atoms with Crippen molar-refractivity contribution in [3.05, 3.63) is 11.6 Å². The molecule has 1 aliphatic heterocycles. The van der Waals surface area contributed by atoms with Crippen molar-refractivity contribution in [2.45, 2.75) is 18.5 Å². The van der Waals surface area contributed by atoms with Gasteiger partial charge < -0.3 is 19.7 Å². The summed E-state index contributed by atoms with van der Waals surface area (Å²) in [4.78, 5) is 0. The van der Waals surface area contributed by atoms with Gasteiger partial charge in [-0.3, -0.25) is 0 Å². The Labute approximate surface area is 75.8 Å². The van der Waals surface area contributed by atoms with E-state index in [1.165, 1.54) is 13.2 Å². The lowest BCUT2D eigenvalue weighted by atomic mass is 10.0. The highest BCUT2D eigenvalue weighted by Gasteiger charge is 2.30. The monoisotopic (exact) mass is 185 g/mol. The molecule has 0 spiro atoms. The maximum Gasteiger partial charge on any atom is 0.178 e. The molecule has 0 saturated heterocycles. The Bertz CT molecular complexity index is 245. The molecular formula is C8H11NO4. The zero-order chi connectivity index (χ0) is 9.84. The number of aliphatic hydroxyl groups excluding tert-OH is 2. The lowest BCUT2D eigenvalue weighted by Gasteiger charge is -2.29. The van der Waals surface area contributed by atoms with Crippen molar-refractivity contribution < 1.29 is 19.7 Å². The topological polar surface area (TPSA) is 82.7 Å². The Morgan fingerprint density at radius 2 is 2.46 bits per heavy atom. The highest BCUT2D eigenvalue weighted by atomic mass is 16.7. The molecule has 0 saturated carbocycles. The van der Waals surface area contributed by atoms with Crippen LogP contribution in [-0.4, -0.2) is 42.4 Å². The fourth-order valence-corrected chi connectivity index (χ4v) is 1.10. The number of aliphatic hydroxyl groups is 2. The Morgan fingerprint density at radius 1 is 1.77 bits per heavy atom. The number of methoxy groups -OCH3 is 1. The number of ether oxygens (including phenoxy) is 2. The van der Waals surface area contributed by atoms with Gasteiger partial charge in [0.15, 0.2) is 6.29 Å². The Balaban J connectivity index is 2.82. The molecule has 1 aliphatic rings. The molecular weight excluding hydrogens is 174 g/mol. The number of nitriles is 1. The number of hydrogen-bond acceptors (Lipinski definition) is 5. The maximum atomic E-state index is 9.41. The average molecular weight is 185 g/mol. The first-order chi connectivity index (χ1) is 6.22. The van der Waals surface area contributed by atoms with E-state index in [0.717, 1.165) is 0 Å². The lowest BCUT2D eigenvalue weighted by Crippen LogP contribution is -2.41. The van der Waals surface area contributed by atoms with Gasteiger partial charge in [0.25, 0.3) is 0 Å². The average Bonchev–Trinajstić information content (AvgIpc) is 2.18. The van der Waals surface area contributed by atoms with Crippen LogP contribution in [0.2, 0.25) is 0 Å². The molecule has 3 atom stereocenters. The van der Waals surface area contributed by atoms with E-state index in [-0.39, 0.29) is 12.2 Å². The number of nitrogens with zero attached hydrogens (tertiary/aromatic N) is 1. The van der Waals surface area contributed by atoms with Gasteiger partial charge in [0.05, 0.1) is 18.2 Å². The molecule has 13 heavy (non-hydrogen) atoms. The Kier molecular flexibility index (Phi) is 3.39. The molecule has 2 N–H and O–H groups in total. The second kappa shape index (κ2) is 4.35. The smallest absolute Gasteiger partial charge is 0.178 e. The van der Waals surface area contributed by atoms with E-state index >= 15 is 0 Å². The summed E-state index contributed by atoms with van der Waals surface area (Å²) >= 11 is 0. The van der Waals surface area contributed by atoms with Gasteiger partial charge in [-0.05, 0) is 6.08 Å². The minimum Gasteiger partial charge on any atom is -0.394 e. The summed E-state index contributed by atoms with van der Waals surface area (Å²) in [6, 6.07) is 1.82. The minimum absolute atomic E-state index is 0.164. The SMILES string of the molecule is COC1C=C(C#N)C(O)C(CO)O1. The quantitative estimate of drug-likeness (QED) is 0.586. The minimum atomic E-state index is -1.07. The van der Waals surface area contributed by atoms with Gasteiger partial charge in [-0.25, -0.2) is 0 Å². The normalized spacial score (nSPS) is 33.7. The highest BCUT2D eigenvalue weighted by Crippen LogP contribution is 2.19. The van der Waals surface area contributed by atoms with Crippen LogP contribution in [0.5, 0.6) is 0 Å². The summed E-state index contributed by atoms with van der Waals surface area (Å²) in [6.07, 6.45) is -1.14. The van der Waals surface area contributed by atoms with Crippen LogP contribution < -0.4 is 0 Å². The van der Waals surface area contributed by atoms with E-state index in [0.29, 0.717) is 0 Å². The largest absolute Gasteiger partial charge is 0.394 e. The summed E-state index contributed by atoms with van der Waals surface area (Å²) in [6.45, 7) is -0.347. The summed E-state index contributed by atoms with van der Waals surface area (Å²) in [5, 5.41) is 26.8. The molecule has 0 bridgehead atoms. The first-order valence-electron chi connectivity index (χ1n) is 3.82. The fraction of sp³-hybridized carbons (Fsp3) is 0.625. The van der Waals surface area contributed by atoms with E-state index in [9.17, 15) is 5.11 Å². The predicted molar refractivity (Wildman–Crippen MR) is 42.5 cm³/mol. The van der Waals surface area contributed by atoms with Gasteiger partial charge in [0.1, 0.15) is 12.2 Å². The third-order valence-electron chi connectivity index (χ3n) is 1.84. The second-order valence-corrected chi connectivity index (χ2v) is 2.64. The van der Waals surface area contributed by atoms with Crippen LogP contribution in [-0.2, 0) is 9.47 Å². The van der Waals surface area contributed by atoms with Crippen LogP contribution in [0.25, 0.3) is 0 Å². The van der Waals surface area contributed by atoms with Crippen LogP contribution in [0.3, 0.4) is 0 Å². The molecule has 0 fully saturated rings. The molecule has 0 aromatic carbocycles. The van der Waals surface area contributed by atoms with E-state index < -0.39 is 18.5 Å². The first kappa shape index (κ1) is 10.2. The second-order valence-electron chi connectivity index (χ2n) is 2.64. The first-order valence-corrected chi connectivity index (χ1v) is 3.82. The van der Waals surface area contributed by atoms with Crippen molar-refractivity contribution in [1.82, 2.24) is 0 Å². The summed E-state index contributed by atoms with van der Waals surface area (Å²) in [5.41, 5.74) is 0.164. The Hall–Kier alpha value is -0.930. The van der Waals surface area contributed by atoms with Crippen LogP contribution in [0.4, 0.5) is 0 Å². The summed E-state index contributed by atoms with van der Waals surface area (Å²) in [5.74, 6) is 0. The molecule has 72 valence electrons. The predicted octanol–water partition coefficient (Wildman–Crippen LogP) is -0.839. The Morgan fingerprint density at radius 3 is 2.92 bits per heavy atom. The molecule has 0 radical (unpaired) electrons. The summed E-state index contributed by atoms with van der Waals surface area (Å²) in [7, 11) is 1.42. The van der Waals surface area contributed by atoms with Crippen molar-refractivity contribution in [3.8, 4) is 6.07 Å². The molecule has 0 aliphatic carbocycles. The molecule has 0 aromatic heterocycles. The molecule has 1 rings (SSSR count). The molecule has 0 aromatic rings. The van der Waals surface area contributed by atoms with Crippen molar-refractivity contribution >= 4 is 0 Å². The van der Waals surface area contributed by atoms with E-state index in [1.54, 1.807) is 0 Å². The van der Waals surface area contributed by atoms with E-state index in [1.807, 2.05) is 6.07 Å². The van der Waals surface area contributed by atoms with Gasteiger partial charge in [-0.2, -0.15) is 5.26 Å². The van der Waals surface area contributed by atoms with Gasteiger partial charge in [-0.15, -0.1) is 0 Å². The molecule has 3 unspecified atom stereocenters. The standard InChI is InChI=1S/C8H11NO4/c1-12-7-2-5(3-9)8(11)6(4-10)13-7/h2,6-8,10-11H,4H2,1H3. The molecule has 5 heteroatoms. The fourth-order valence-electron chi connectivity index (χ4n) is 1.10. The van der Waals surface area contributed by atoms with Gasteiger partial charge in [-0.1, -0.05) is 0 Å². The molecule has 0 amide bonds. The lowest BCUT2D eigenvalue weighted by molar-refractivity contribution is -0.170. The number of hydrogen-bond donors (Lipinski definition) is 2. The maximum absolute atomic E-state index is 9.41. The third kappa shape index (κ3) is 2.05. The van der Waals surface area contributed by atoms with E-state index in [4.69, 9.17) is 19.8 Å². The highest BCUT2D eigenvalue weighted by molar-refractivity contribution is 5.28. The van der Waals surface area contributed by atoms with Crippen LogP contribution in [0.15, 0.2) is 11.6 Å². The van der Waals surface area contributed by atoms with E-state index in [2.05, 4.69) is 0 Å². The van der Waals surface area contributed by atoms with Gasteiger partial charge in [0, 0.05) is 7.11 Å². The van der Waals surface area contributed by atoms with Crippen molar-refractivity contribution in [2.75, 3.05) is 13.7 Å². The van der Waals surface area contributed by atoms with Crippen molar-refractivity contribution in [2.24, 2.45) is 0 Å². The zero-order valence-electron chi connectivity index (χ0n) is 7.17. The van der Waals surface area contributed by atoms with Crippen LogP contribution in [0.1, 0.15) is 0 Å².